The number of methoxy groups -OCH3 is 6. The topological polar surface area (TPSA) is 142 Å². The first kappa shape index (κ1) is 28.9. The van der Waals surface area contributed by atoms with Crippen LogP contribution >= 0.6 is 12.4 Å². The fourth-order valence-corrected chi connectivity index (χ4v) is 3.91. The van der Waals surface area contributed by atoms with Crippen LogP contribution in [0.15, 0.2) is 40.8 Å². The predicted molar refractivity (Wildman–Crippen MR) is 144 cm³/mol. The van der Waals surface area contributed by atoms with Crippen LogP contribution in [0.5, 0.6) is 51.7 Å². The molecule has 0 amide bonds. The zero-order valence-electron chi connectivity index (χ0n) is 22.0. The summed E-state index contributed by atoms with van der Waals surface area (Å²) in [6.07, 6.45) is 0. The first-order chi connectivity index (χ1) is 18.3. The van der Waals surface area contributed by atoms with Gasteiger partial charge in [0.15, 0.2) is 40.3 Å². The molecule has 3 aromatic carbocycles. The van der Waals surface area contributed by atoms with E-state index in [0.29, 0.717) is 22.4 Å². The first-order valence-corrected chi connectivity index (χ1v) is 11.2. The fourth-order valence-electron chi connectivity index (χ4n) is 3.91. The molecule has 0 aliphatic carbocycles. The highest BCUT2D eigenvalue weighted by Crippen LogP contribution is 2.47. The Morgan fingerprint density at radius 1 is 0.513 bits per heavy atom. The minimum atomic E-state index is -0.180. The van der Waals surface area contributed by atoms with E-state index in [2.05, 4.69) is 0 Å². The molecule has 4 aromatic rings. The molecule has 12 heteroatoms. The molecule has 3 N–H and O–H groups in total. The van der Waals surface area contributed by atoms with Crippen molar-refractivity contribution in [3.05, 3.63) is 36.4 Å². The van der Waals surface area contributed by atoms with Crippen LogP contribution in [0.1, 0.15) is 0 Å². The smallest absolute Gasteiger partial charge is 0.227 e. The molecule has 0 atom stereocenters. The van der Waals surface area contributed by atoms with Crippen molar-refractivity contribution in [1.82, 2.24) is 4.98 Å². The molecule has 0 fully saturated rings. The van der Waals surface area contributed by atoms with Gasteiger partial charge in [-0.1, -0.05) is 0 Å². The maximum atomic E-state index is 10.4. The van der Waals surface area contributed by atoms with Crippen molar-refractivity contribution in [2.45, 2.75) is 0 Å². The Labute approximate surface area is 230 Å². The molecule has 0 saturated heterocycles. The van der Waals surface area contributed by atoms with E-state index in [-0.39, 0.29) is 75.8 Å². The van der Waals surface area contributed by atoms with Crippen LogP contribution in [-0.2, 0) is 0 Å². The lowest BCUT2D eigenvalue weighted by molar-refractivity contribution is 0.340. The van der Waals surface area contributed by atoms with Gasteiger partial charge in [0, 0.05) is 16.7 Å². The molecule has 0 bridgehead atoms. The van der Waals surface area contributed by atoms with Crippen LogP contribution in [0.2, 0.25) is 0 Å². The zero-order valence-corrected chi connectivity index (χ0v) is 22.8. The van der Waals surface area contributed by atoms with Crippen molar-refractivity contribution >= 4 is 12.4 Å². The van der Waals surface area contributed by atoms with Crippen molar-refractivity contribution in [1.29, 1.82) is 0 Å². The number of rotatable bonds is 9. The van der Waals surface area contributed by atoms with Crippen LogP contribution in [0.3, 0.4) is 0 Å². The molecule has 0 saturated carbocycles. The van der Waals surface area contributed by atoms with Crippen molar-refractivity contribution in [2.24, 2.45) is 0 Å². The Morgan fingerprint density at radius 2 is 0.821 bits per heavy atom. The summed E-state index contributed by atoms with van der Waals surface area (Å²) in [5, 5.41) is 31.2. The number of hydrogen-bond acceptors (Lipinski definition) is 11. The van der Waals surface area contributed by atoms with E-state index in [0.717, 1.165) is 0 Å². The van der Waals surface area contributed by atoms with Crippen LogP contribution in [0, 0.1) is 0 Å². The molecule has 0 aliphatic heterocycles. The Balaban J connectivity index is 0.00000420. The molecule has 208 valence electrons. The van der Waals surface area contributed by atoms with Crippen LogP contribution < -0.4 is 28.4 Å². The molecule has 0 radical (unpaired) electrons. The van der Waals surface area contributed by atoms with E-state index in [1.54, 1.807) is 36.4 Å². The highest BCUT2D eigenvalue weighted by Gasteiger charge is 2.25. The van der Waals surface area contributed by atoms with Gasteiger partial charge in [-0.2, -0.15) is 0 Å². The number of nitrogens with zero attached hydrogens (tertiary/aromatic N) is 1. The number of halogens is 1. The Bertz CT molecular complexity index is 1330. The SMILES string of the molecule is COc1cc(-c2nc(-c3cc(OC)c(O)c(OC)c3)c(-c3cc(OC)c(O)c(OC)c3)o2)cc(OC)c1O.Cl. The van der Waals surface area contributed by atoms with Gasteiger partial charge in [-0.25, -0.2) is 4.98 Å². The highest BCUT2D eigenvalue weighted by atomic mass is 35.5. The molecule has 4 rings (SSSR count). The number of phenolic OH excluding ortho intramolecular Hbond substituents is 3. The Morgan fingerprint density at radius 3 is 1.15 bits per heavy atom. The third kappa shape index (κ3) is 5.21. The van der Waals surface area contributed by atoms with Gasteiger partial charge >= 0.3 is 0 Å². The number of ether oxygens (including phenoxy) is 6. The summed E-state index contributed by atoms with van der Waals surface area (Å²) in [6.45, 7) is 0. The Kier molecular flexibility index (Phi) is 8.77. The van der Waals surface area contributed by atoms with Gasteiger partial charge in [0.05, 0.1) is 42.7 Å². The van der Waals surface area contributed by atoms with E-state index in [1.165, 1.54) is 42.7 Å². The van der Waals surface area contributed by atoms with Gasteiger partial charge in [-0.05, 0) is 36.4 Å². The predicted octanol–water partition coefficient (Wildman–Crippen LogP) is 5.27. The molecular weight excluding hydrogens is 534 g/mol. The average Bonchev–Trinajstić information content (AvgIpc) is 3.39. The van der Waals surface area contributed by atoms with Gasteiger partial charge in [-0.3, -0.25) is 0 Å². The van der Waals surface area contributed by atoms with Gasteiger partial charge in [0.25, 0.3) is 0 Å². The van der Waals surface area contributed by atoms with E-state index in [1.807, 2.05) is 0 Å². The van der Waals surface area contributed by atoms with E-state index >= 15 is 0 Å². The first-order valence-electron chi connectivity index (χ1n) is 11.2. The molecule has 0 spiro atoms. The maximum absolute atomic E-state index is 10.4. The fraction of sp³-hybridized carbons (Fsp3) is 0.222. The number of aromatic nitrogens is 1. The minimum absolute atomic E-state index is 0. The average molecular weight is 562 g/mol. The quantitative estimate of drug-likeness (QED) is 0.246. The number of hydrogen-bond donors (Lipinski definition) is 3. The van der Waals surface area contributed by atoms with Crippen LogP contribution in [0.4, 0.5) is 0 Å². The van der Waals surface area contributed by atoms with E-state index in [9.17, 15) is 15.3 Å². The lowest BCUT2D eigenvalue weighted by Gasteiger charge is -2.12. The van der Waals surface area contributed by atoms with Gasteiger partial charge in [0.1, 0.15) is 5.69 Å². The summed E-state index contributed by atoms with van der Waals surface area (Å²) in [5.41, 5.74) is 1.75. The van der Waals surface area contributed by atoms with Gasteiger partial charge in [0.2, 0.25) is 23.1 Å². The second kappa shape index (κ2) is 11.8. The van der Waals surface area contributed by atoms with Crippen molar-refractivity contribution in [3.8, 4) is 85.8 Å². The maximum Gasteiger partial charge on any atom is 0.227 e. The monoisotopic (exact) mass is 561 g/mol. The molecule has 1 heterocycles. The number of aromatic hydroxyl groups is 3. The number of benzene rings is 3. The largest absolute Gasteiger partial charge is 0.502 e. The molecule has 0 unspecified atom stereocenters. The van der Waals surface area contributed by atoms with E-state index < -0.39 is 0 Å². The summed E-state index contributed by atoms with van der Waals surface area (Å²) in [4.78, 5) is 4.73. The lowest BCUT2D eigenvalue weighted by atomic mass is 10.0. The third-order valence-corrected chi connectivity index (χ3v) is 5.85. The van der Waals surface area contributed by atoms with Crippen LogP contribution in [-0.4, -0.2) is 63.0 Å². The second-order valence-corrected chi connectivity index (χ2v) is 7.88. The van der Waals surface area contributed by atoms with Gasteiger partial charge in [-0.15, -0.1) is 12.4 Å². The summed E-state index contributed by atoms with van der Waals surface area (Å²) >= 11 is 0. The van der Waals surface area contributed by atoms with Crippen LogP contribution in [0.25, 0.3) is 34.0 Å². The number of oxazole rings is 1. The van der Waals surface area contributed by atoms with Crippen molar-refractivity contribution < 1.29 is 48.2 Å². The van der Waals surface area contributed by atoms with Gasteiger partial charge < -0.3 is 48.2 Å². The molecule has 0 aliphatic rings. The van der Waals surface area contributed by atoms with E-state index in [4.69, 9.17) is 37.8 Å². The number of phenols is 3. The zero-order chi connectivity index (χ0) is 27.6. The molecule has 1 aromatic heterocycles. The van der Waals surface area contributed by atoms with Crippen molar-refractivity contribution in [3.63, 3.8) is 0 Å². The lowest BCUT2D eigenvalue weighted by Crippen LogP contribution is -1.93. The second-order valence-electron chi connectivity index (χ2n) is 7.88. The summed E-state index contributed by atoms with van der Waals surface area (Å²) in [6, 6.07) is 9.39. The summed E-state index contributed by atoms with van der Waals surface area (Å²) < 4.78 is 38.1. The molecule has 11 nitrogen and oxygen atoms in total. The third-order valence-electron chi connectivity index (χ3n) is 5.85. The minimum Gasteiger partial charge on any atom is -0.502 e. The Hall–Kier alpha value is -4.64. The van der Waals surface area contributed by atoms with Crippen molar-refractivity contribution in [2.75, 3.05) is 42.7 Å². The highest BCUT2D eigenvalue weighted by molar-refractivity contribution is 5.85. The standard InChI is InChI=1S/C27H27NO10.ClH/c1-32-16-7-13(8-17(33-2)23(16)29)22-26(14-9-18(34-3)24(30)19(10-14)35-4)38-27(28-22)15-11-20(36-5)25(31)21(12-15)37-6;/h7-12,29-31H,1-6H3;1H. The molecular formula is C27H28ClNO10. The normalized spacial score (nSPS) is 10.4. The molecule has 39 heavy (non-hydrogen) atoms. The summed E-state index contributed by atoms with van der Waals surface area (Å²) in [7, 11) is 8.48. The summed E-state index contributed by atoms with van der Waals surface area (Å²) in [5.74, 6) is 0.823.